The molecule has 2 N–H and O–H groups in total. The van der Waals surface area contributed by atoms with Crippen LogP contribution >= 0.6 is 11.6 Å². The van der Waals surface area contributed by atoms with E-state index in [1.807, 2.05) is 37.1 Å². The summed E-state index contributed by atoms with van der Waals surface area (Å²) in [5.41, 5.74) is 8.78. The molecule has 2 aromatic carbocycles. The van der Waals surface area contributed by atoms with Gasteiger partial charge < -0.3 is 10.6 Å². The molecule has 0 spiro atoms. The Morgan fingerprint density at radius 1 is 1.14 bits per heavy atom. The van der Waals surface area contributed by atoms with Crippen LogP contribution in [0.2, 0.25) is 5.02 Å². The minimum absolute atomic E-state index is 0.335. The lowest BCUT2D eigenvalue weighted by atomic mass is 10.1. The van der Waals surface area contributed by atoms with E-state index in [0.717, 1.165) is 12.1 Å². The van der Waals surface area contributed by atoms with Crippen molar-refractivity contribution in [3.63, 3.8) is 0 Å². The molecule has 0 aliphatic carbocycles. The molecule has 0 amide bonds. The third-order valence-electron chi connectivity index (χ3n) is 4.52. The van der Waals surface area contributed by atoms with E-state index in [-0.39, 0.29) is 5.82 Å². The van der Waals surface area contributed by atoms with E-state index >= 15 is 0 Å². The highest BCUT2D eigenvalue weighted by Crippen LogP contribution is 2.34. The van der Waals surface area contributed by atoms with Gasteiger partial charge in [0.2, 0.25) is 5.95 Å². The standard InChI is InChI=1S/C20H18ClFN6/c1-3-27(2)20-24-17(12-6-4-7-13(21)10-12)16-18(23)28(26-19(16)25-20)15-9-5-8-14(22)11-15/h4-11H,3,23H2,1-2H3. The van der Waals surface area contributed by atoms with Gasteiger partial charge in [0.1, 0.15) is 11.6 Å². The van der Waals surface area contributed by atoms with Crippen LogP contribution in [0.25, 0.3) is 28.0 Å². The first-order valence-electron chi connectivity index (χ1n) is 8.77. The van der Waals surface area contributed by atoms with Gasteiger partial charge in [0, 0.05) is 24.2 Å². The Hall–Kier alpha value is -3.19. The number of nitrogen functional groups attached to an aromatic ring is 1. The van der Waals surface area contributed by atoms with Crippen molar-refractivity contribution in [2.75, 3.05) is 24.2 Å². The van der Waals surface area contributed by atoms with Crippen LogP contribution in [-0.4, -0.2) is 33.3 Å². The highest BCUT2D eigenvalue weighted by atomic mass is 35.5. The Morgan fingerprint density at radius 3 is 2.64 bits per heavy atom. The molecule has 0 bridgehead atoms. The third kappa shape index (κ3) is 3.14. The fourth-order valence-electron chi connectivity index (χ4n) is 2.96. The van der Waals surface area contributed by atoms with Crippen LogP contribution in [-0.2, 0) is 0 Å². The summed E-state index contributed by atoms with van der Waals surface area (Å²) in [6, 6.07) is 13.4. The SMILES string of the molecule is CCN(C)c1nc(-c2cccc(Cl)c2)c2c(N)n(-c3cccc(F)c3)nc2n1. The van der Waals surface area contributed by atoms with Gasteiger partial charge in [0.25, 0.3) is 0 Å². The predicted octanol–water partition coefficient (Wildman–Crippen LogP) is 4.31. The molecule has 0 radical (unpaired) electrons. The number of hydrogen-bond acceptors (Lipinski definition) is 5. The second kappa shape index (κ2) is 7.09. The Morgan fingerprint density at radius 2 is 1.93 bits per heavy atom. The molecule has 28 heavy (non-hydrogen) atoms. The van der Waals surface area contributed by atoms with Crippen molar-refractivity contribution in [1.82, 2.24) is 19.7 Å². The number of aromatic nitrogens is 4. The zero-order valence-corrected chi connectivity index (χ0v) is 16.2. The van der Waals surface area contributed by atoms with Gasteiger partial charge in [-0.1, -0.05) is 29.8 Å². The first-order chi connectivity index (χ1) is 13.5. The smallest absolute Gasteiger partial charge is 0.227 e. The average molecular weight is 397 g/mol. The van der Waals surface area contributed by atoms with Gasteiger partial charge in [-0.15, -0.1) is 5.10 Å². The minimum atomic E-state index is -0.371. The van der Waals surface area contributed by atoms with Gasteiger partial charge >= 0.3 is 0 Å². The predicted molar refractivity (Wildman–Crippen MR) is 110 cm³/mol. The summed E-state index contributed by atoms with van der Waals surface area (Å²) in [4.78, 5) is 11.2. The van der Waals surface area contributed by atoms with E-state index in [1.165, 1.54) is 16.8 Å². The summed E-state index contributed by atoms with van der Waals surface area (Å²) in [6.07, 6.45) is 0. The Bertz CT molecular complexity index is 1170. The number of halogens is 2. The molecule has 2 aromatic heterocycles. The largest absolute Gasteiger partial charge is 0.383 e. The molecular weight excluding hydrogens is 379 g/mol. The van der Waals surface area contributed by atoms with Crippen LogP contribution in [0, 0.1) is 5.82 Å². The van der Waals surface area contributed by atoms with Crippen LogP contribution in [0.5, 0.6) is 0 Å². The third-order valence-corrected chi connectivity index (χ3v) is 4.76. The first-order valence-corrected chi connectivity index (χ1v) is 9.15. The fourth-order valence-corrected chi connectivity index (χ4v) is 3.15. The molecule has 4 rings (SSSR count). The lowest BCUT2D eigenvalue weighted by Gasteiger charge is -2.15. The molecule has 0 saturated carbocycles. The van der Waals surface area contributed by atoms with Crippen molar-refractivity contribution in [2.24, 2.45) is 0 Å². The zero-order chi connectivity index (χ0) is 19.8. The average Bonchev–Trinajstić information content (AvgIpc) is 3.03. The van der Waals surface area contributed by atoms with Crippen molar-refractivity contribution in [1.29, 1.82) is 0 Å². The molecule has 0 saturated heterocycles. The molecule has 142 valence electrons. The highest BCUT2D eigenvalue weighted by Gasteiger charge is 2.20. The first kappa shape index (κ1) is 18.2. The Kier molecular flexibility index (Phi) is 4.60. The summed E-state index contributed by atoms with van der Waals surface area (Å²) < 4.78 is 15.2. The molecule has 0 fully saturated rings. The lowest BCUT2D eigenvalue weighted by molar-refractivity contribution is 0.625. The van der Waals surface area contributed by atoms with Gasteiger partial charge in [0.05, 0.1) is 16.8 Å². The normalized spacial score (nSPS) is 11.1. The van der Waals surface area contributed by atoms with Gasteiger partial charge in [0.15, 0.2) is 5.65 Å². The number of hydrogen-bond donors (Lipinski definition) is 1. The van der Waals surface area contributed by atoms with Gasteiger partial charge in [-0.25, -0.2) is 14.1 Å². The lowest BCUT2D eigenvalue weighted by Crippen LogP contribution is -2.19. The van der Waals surface area contributed by atoms with Crippen LogP contribution in [0.15, 0.2) is 48.5 Å². The minimum Gasteiger partial charge on any atom is -0.383 e. The quantitative estimate of drug-likeness (QED) is 0.556. The summed E-state index contributed by atoms with van der Waals surface area (Å²) in [6.45, 7) is 2.73. The van der Waals surface area contributed by atoms with Gasteiger partial charge in [-0.3, -0.25) is 0 Å². The highest BCUT2D eigenvalue weighted by molar-refractivity contribution is 6.30. The molecule has 0 aliphatic rings. The molecule has 6 nitrogen and oxygen atoms in total. The van der Waals surface area contributed by atoms with Gasteiger partial charge in [-0.2, -0.15) is 4.98 Å². The molecule has 0 unspecified atom stereocenters. The number of benzene rings is 2. The maximum Gasteiger partial charge on any atom is 0.227 e. The van der Waals surface area contributed by atoms with E-state index in [9.17, 15) is 4.39 Å². The molecular formula is C20H18ClFN6. The zero-order valence-electron chi connectivity index (χ0n) is 15.4. The second-order valence-electron chi connectivity index (χ2n) is 6.37. The van der Waals surface area contributed by atoms with Crippen molar-refractivity contribution in [2.45, 2.75) is 6.92 Å². The molecule has 2 heterocycles. The number of anilines is 2. The molecule has 0 atom stereocenters. The maximum atomic E-state index is 13.7. The number of nitrogens with zero attached hydrogens (tertiary/aromatic N) is 5. The molecule has 8 heteroatoms. The summed E-state index contributed by atoms with van der Waals surface area (Å²) in [5, 5.41) is 5.71. The molecule has 4 aromatic rings. The maximum absolute atomic E-state index is 13.7. The van der Waals surface area contributed by atoms with Crippen molar-refractivity contribution in [3.8, 4) is 16.9 Å². The summed E-state index contributed by atoms with van der Waals surface area (Å²) in [7, 11) is 1.90. The molecule has 0 aliphatic heterocycles. The van der Waals surface area contributed by atoms with E-state index in [2.05, 4.69) is 10.1 Å². The summed E-state index contributed by atoms with van der Waals surface area (Å²) >= 11 is 6.19. The van der Waals surface area contributed by atoms with Crippen molar-refractivity contribution >= 4 is 34.4 Å². The van der Waals surface area contributed by atoms with E-state index in [0.29, 0.717) is 39.2 Å². The topological polar surface area (TPSA) is 72.9 Å². The summed E-state index contributed by atoms with van der Waals surface area (Å²) in [5.74, 6) is 0.485. The fraction of sp³-hybridized carbons (Fsp3) is 0.150. The van der Waals surface area contributed by atoms with Crippen LogP contribution in [0.1, 0.15) is 6.92 Å². The van der Waals surface area contributed by atoms with Gasteiger partial charge in [-0.05, 0) is 37.3 Å². The van der Waals surface area contributed by atoms with E-state index < -0.39 is 0 Å². The second-order valence-corrected chi connectivity index (χ2v) is 6.81. The Labute approximate surface area is 166 Å². The van der Waals surface area contributed by atoms with Crippen molar-refractivity contribution in [3.05, 3.63) is 59.4 Å². The number of fused-ring (bicyclic) bond motifs is 1. The number of nitrogens with two attached hydrogens (primary N) is 1. The van der Waals surface area contributed by atoms with Crippen LogP contribution in [0.4, 0.5) is 16.2 Å². The van der Waals surface area contributed by atoms with Crippen LogP contribution < -0.4 is 10.6 Å². The van der Waals surface area contributed by atoms with E-state index in [4.69, 9.17) is 22.3 Å². The van der Waals surface area contributed by atoms with E-state index in [1.54, 1.807) is 18.2 Å². The Balaban J connectivity index is 2.03. The van der Waals surface area contributed by atoms with Crippen LogP contribution in [0.3, 0.4) is 0 Å². The monoisotopic (exact) mass is 396 g/mol. The van der Waals surface area contributed by atoms with Crippen molar-refractivity contribution < 1.29 is 4.39 Å². The number of rotatable bonds is 4.